The molecule has 0 spiro atoms. The van der Waals surface area contributed by atoms with Crippen molar-refractivity contribution in [2.45, 2.75) is 44.2 Å². The van der Waals surface area contributed by atoms with Crippen LogP contribution in [0.15, 0.2) is 59.5 Å². The molecule has 2 aromatic carbocycles. The zero-order chi connectivity index (χ0) is 24.0. The molecule has 7 nitrogen and oxygen atoms in total. The quantitative estimate of drug-likeness (QED) is 0.614. The van der Waals surface area contributed by atoms with Gasteiger partial charge in [0, 0.05) is 19.6 Å². The van der Waals surface area contributed by atoms with Crippen LogP contribution in [0, 0.1) is 17.7 Å². The molecule has 178 valence electrons. The van der Waals surface area contributed by atoms with Gasteiger partial charge in [0.2, 0.25) is 21.8 Å². The molecule has 2 N–H and O–H groups in total. The molecular formula is C24H30FN3O4S. The summed E-state index contributed by atoms with van der Waals surface area (Å²) in [6.07, 6.45) is 1.04. The number of benzene rings is 2. The first-order chi connectivity index (χ1) is 15.7. The van der Waals surface area contributed by atoms with Crippen LogP contribution in [0.5, 0.6) is 0 Å². The summed E-state index contributed by atoms with van der Waals surface area (Å²) in [6, 6.07) is 13.4. The van der Waals surface area contributed by atoms with Crippen LogP contribution in [0.3, 0.4) is 0 Å². The van der Waals surface area contributed by atoms with E-state index in [-0.39, 0.29) is 35.7 Å². The third-order valence-corrected chi connectivity index (χ3v) is 7.64. The summed E-state index contributed by atoms with van der Waals surface area (Å²) in [5.74, 6) is -1.86. The van der Waals surface area contributed by atoms with Gasteiger partial charge in [-0.3, -0.25) is 9.59 Å². The lowest BCUT2D eigenvalue weighted by molar-refractivity contribution is -0.132. The number of nitrogens with one attached hydrogen (secondary N) is 2. The van der Waals surface area contributed by atoms with Crippen LogP contribution in [-0.2, 0) is 26.2 Å². The van der Waals surface area contributed by atoms with Crippen molar-refractivity contribution < 1.29 is 22.4 Å². The number of rotatable bonds is 8. The van der Waals surface area contributed by atoms with E-state index in [0.717, 1.165) is 17.7 Å². The molecule has 1 heterocycles. The summed E-state index contributed by atoms with van der Waals surface area (Å²) in [7, 11) is -3.84. The Morgan fingerprint density at radius 3 is 2.39 bits per heavy atom. The minimum atomic E-state index is -3.84. The van der Waals surface area contributed by atoms with E-state index in [1.54, 1.807) is 0 Å². The summed E-state index contributed by atoms with van der Waals surface area (Å²) < 4.78 is 40.3. The van der Waals surface area contributed by atoms with Gasteiger partial charge in [-0.1, -0.05) is 44.2 Å². The highest BCUT2D eigenvalue weighted by molar-refractivity contribution is 7.89. The summed E-state index contributed by atoms with van der Waals surface area (Å²) in [4.78, 5) is 25.7. The first-order valence-corrected chi connectivity index (χ1v) is 12.5. The largest absolute Gasteiger partial charge is 0.350 e. The van der Waals surface area contributed by atoms with Crippen molar-refractivity contribution in [2.75, 3.05) is 13.1 Å². The summed E-state index contributed by atoms with van der Waals surface area (Å²) in [6.45, 7) is 4.35. The number of hydrogen-bond donors (Lipinski definition) is 2. The second-order valence-corrected chi connectivity index (χ2v) is 10.5. The fourth-order valence-corrected chi connectivity index (χ4v) is 5.36. The molecular weight excluding hydrogens is 445 g/mol. The first kappa shape index (κ1) is 24.9. The lowest BCUT2D eigenvalue weighted by Crippen LogP contribution is -2.53. The normalized spacial score (nSPS) is 18.0. The highest BCUT2D eigenvalue weighted by atomic mass is 32.2. The van der Waals surface area contributed by atoms with Crippen LogP contribution in [0.4, 0.5) is 4.39 Å². The smallest absolute Gasteiger partial charge is 0.243 e. The minimum absolute atomic E-state index is 0.00898. The average molecular weight is 476 g/mol. The van der Waals surface area contributed by atoms with E-state index in [2.05, 4.69) is 10.6 Å². The summed E-state index contributed by atoms with van der Waals surface area (Å²) in [5, 5.41) is 5.68. The second-order valence-electron chi connectivity index (χ2n) is 8.59. The van der Waals surface area contributed by atoms with Gasteiger partial charge in [0.1, 0.15) is 11.9 Å². The Balaban J connectivity index is 1.63. The zero-order valence-corrected chi connectivity index (χ0v) is 19.6. The van der Waals surface area contributed by atoms with E-state index in [1.165, 1.54) is 16.4 Å². The molecule has 0 radical (unpaired) electrons. The van der Waals surface area contributed by atoms with Gasteiger partial charge in [-0.25, -0.2) is 12.8 Å². The summed E-state index contributed by atoms with van der Waals surface area (Å²) >= 11 is 0. The van der Waals surface area contributed by atoms with Crippen LogP contribution >= 0.6 is 0 Å². The second kappa shape index (κ2) is 10.9. The minimum Gasteiger partial charge on any atom is -0.350 e. The van der Waals surface area contributed by atoms with E-state index in [4.69, 9.17) is 0 Å². The molecule has 1 saturated heterocycles. The highest BCUT2D eigenvalue weighted by Crippen LogP contribution is 2.24. The van der Waals surface area contributed by atoms with Crippen molar-refractivity contribution in [1.82, 2.24) is 14.9 Å². The third-order valence-electron chi connectivity index (χ3n) is 5.76. The molecule has 3 rings (SSSR count). The molecule has 0 aromatic heterocycles. The van der Waals surface area contributed by atoms with E-state index in [1.807, 2.05) is 44.2 Å². The highest BCUT2D eigenvalue weighted by Gasteiger charge is 2.35. The Morgan fingerprint density at radius 1 is 1.09 bits per heavy atom. The fourth-order valence-electron chi connectivity index (χ4n) is 3.83. The number of sulfonamides is 1. The van der Waals surface area contributed by atoms with Crippen LogP contribution in [0.2, 0.25) is 0 Å². The van der Waals surface area contributed by atoms with E-state index in [9.17, 15) is 22.4 Å². The number of nitrogens with zero attached hydrogens (tertiary/aromatic N) is 1. The van der Waals surface area contributed by atoms with Gasteiger partial charge in [-0.15, -0.1) is 0 Å². The van der Waals surface area contributed by atoms with Crippen LogP contribution in [-0.4, -0.2) is 43.7 Å². The number of halogens is 1. The predicted octanol–water partition coefficient (Wildman–Crippen LogP) is 2.68. The third kappa shape index (κ3) is 6.39. The van der Waals surface area contributed by atoms with E-state index in [0.29, 0.717) is 19.4 Å². The number of amides is 2. The molecule has 1 fully saturated rings. The lowest BCUT2D eigenvalue weighted by atomic mass is 9.96. The predicted molar refractivity (Wildman–Crippen MR) is 123 cm³/mol. The summed E-state index contributed by atoms with van der Waals surface area (Å²) in [5.41, 5.74) is 0.952. The SMILES string of the molecule is CC(C)[C@@H](NC(=O)[C@H]1CCCN(S(=O)(=O)c2ccc(F)cc2)C1)C(=O)NCc1ccccc1. The number of carbonyl (C=O) groups is 2. The molecule has 2 aromatic rings. The average Bonchev–Trinajstić information content (AvgIpc) is 2.81. The zero-order valence-electron chi connectivity index (χ0n) is 18.8. The Bertz CT molecular complexity index is 1060. The molecule has 2 amide bonds. The molecule has 0 saturated carbocycles. The molecule has 0 aliphatic carbocycles. The monoisotopic (exact) mass is 475 g/mol. The Labute approximate surface area is 194 Å². The maximum absolute atomic E-state index is 13.2. The molecule has 1 aliphatic heterocycles. The van der Waals surface area contributed by atoms with Crippen molar-refractivity contribution in [1.29, 1.82) is 0 Å². The fraction of sp³-hybridized carbons (Fsp3) is 0.417. The molecule has 1 aliphatic rings. The maximum Gasteiger partial charge on any atom is 0.243 e. The van der Waals surface area contributed by atoms with Crippen LogP contribution < -0.4 is 10.6 Å². The van der Waals surface area contributed by atoms with Gasteiger partial charge >= 0.3 is 0 Å². The molecule has 9 heteroatoms. The van der Waals surface area contributed by atoms with Gasteiger partial charge in [-0.05, 0) is 48.6 Å². The Kier molecular flexibility index (Phi) is 8.20. The van der Waals surface area contributed by atoms with Crippen molar-refractivity contribution >= 4 is 21.8 Å². The van der Waals surface area contributed by atoms with E-state index < -0.39 is 27.8 Å². The van der Waals surface area contributed by atoms with Crippen LogP contribution in [0.25, 0.3) is 0 Å². The van der Waals surface area contributed by atoms with Crippen LogP contribution in [0.1, 0.15) is 32.3 Å². The van der Waals surface area contributed by atoms with Gasteiger partial charge in [-0.2, -0.15) is 4.31 Å². The van der Waals surface area contributed by atoms with Crippen molar-refractivity contribution in [3.63, 3.8) is 0 Å². The van der Waals surface area contributed by atoms with Gasteiger partial charge in [0.25, 0.3) is 0 Å². The van der Waals surface area contributed by atoms with Gasteiger partial charge in [0.15, 0.2) is 0 Å². The first-order valence-electron chi connectivity index (χ1n) is 11.1. The molecule has 0 unspecified atom stereocenters. The van der Waals surface area contributed by atoms with Gasteiger partial charge in [0.05, 0.1) is 10.8 Å². The Hall–Kier alpha value is -2.78. The number of carbonyl (C=O) groups excluding carboxylic acids is 2. The molecule has 0 bridgehead atoms. The number of hydrogen-bond acceptors (Lipinski definition) is 4. The van der Waals surface area contributed by atoms with Crippen molar-refractivity contribution in [2.24, 2.45) is 11.8 Å². The maximum atomic E-state index is 13.2. The van der Waals surface area contributed by atoms with E-state index >= 15 is 0 Å². The Morgan fingerprint density at radius 2 is 1.76 bits per heavy atom. The topological polar surface area (TPSA) is 95.6 Å². The van der Waals surface area contributed by atoms with Crippen molar-refractivity contribution in [3.8, 4) is 0 Å². The molecule has 33 heavy (non-hydrogen) atoms. The lowest BCUT2D eigenvalue weighted by Gasteiger charge is -2.32. The van der Waals surface area contributed by atoms with Crippen molar-refractivity contribution in [3.05, 3.63) is 66.0 Å². The molecule has 2 atom stereocenters. The standard InChI is InChI=1S/C24H30FN3O4S/c1-17(2)22(24(30)26-15-18-7-4-3-5-8-18)27-23(29)19-9-6-14-28(16-19)33(31,32)21-12-10-20(25)11-13-21/h3-5,7-8,10-13,17,19,22H,6,9,14-16H2,1-2H3,(H,26,30)(H,27,29)/t19-,22+/m0/s1. The number of piperidine rings is 1. The van der Waals surface area contributed by atoms with Gasteiger partial charge < -0.3 is 10.6 Å².